The molecule has 1 atom stereocenters. The van der Waals surface area contributed by atoms with E-state index in [1.807, 2.05) is 50.2 Å². The van der Waals surface area contributed by atoms with Crippen molar-refractivity contribution in [2.45, 2.75) is 26.3 Å². The maximum Gasteiger partial charge on any atom is 0.242 e. The second-order valence-corrected chi connectivity index (χ2v) is 5.07. The lowest BCUT2D eigenvalue weighted by Crippen LogP contribution is -2.37. The lowest BCUT2D eigenvalue weighted by molar-refractivity contribution is -0.121. The molecule has 0 aliphatic carbocycles. The summed E-state index contributed by atoms with van der Waals surface area (Å²) in [5.74, 6) is 0.0275. The Morgan fingerprint density at radius 3 is 2.43 bits per heavy atom. The van der Waals surface area contributed by atoms with Crippen molar-refractivity contribution < 1.29 is 4.79 Å². The summed E-state index contributed by atoms with van der Waals surface area (Å²) in [4.78, 5) is 12.0. The molecule has 0 radical (unpaired) electrons. The lowest BCUT2D eigenvalue weighted by atomic mass is 10.0. The molecule has 21 heavy (non-hydrogen) atoms. The summed E-state index contributed by atoms with van der Waals surface area (Å²) in [7, 11) is 0. The number of nitrogens with one attached hydrogen (secondary N) is 2. The van der Waals surface area contributed by atoms with Crippen molar-refractivity contribution in [3.8, 4) is 11.1 Å². The van der Waals surface area contributed by atoms with Gasteiger partial charge in [0.1, 0.15) is 6.04 Å². The minimum Gasteiger partial charge on any atom is -0.373 e. The monoisotopic (exact) mass is 282 g/mol. The molecule has 1 amide bonds. The highest BCUT2D eigenvalue weighted by Gasteiger charge is 2.13. The molecule has 2 aromatic carbocycles. The van der Waals surface area contributed by atoms with E-state index in [1.165, 1.54) is 0 Å². The number of carbonyl (C=O) groups excluding carboxylic acids is 1. The van der Waals surface area contributed by atoms with Crippen molar-refractivity contribution in [2.24, 2.45) is 0 Å². The van der Waals surface area contributed by atoms with Crippen molar-refractivity contribution in [2.75, 3.05) is 11.9 Å². The Bertz CT molecular complexity index is 581. The second-order valence-electron chi connectivity index (χ2n) is 5.07. The van der Waals surface area contributed by atoms with Crippen LogP contribution in [-0.4, -0.2) is 18.5 Å². The average molecular weight is 282 g/mol. The molecule has 2 N–H and O–H groups in total. The van der Waals surface area contributed by atoms with Gasteiger partial charge in [0.2, 0.25) is 5.91 Å². The number of rotatable bonds is 6. The van der Waals surface area contributed by atoms with E-state index in [0.29, 0.717) is 6.54 Å². The molecule has 0 bridgehead atoms. The predicted molar refractivity (Wildman–Crippen MR) is 88.3 cm³/mol. The summed E-state index contributed by atoms with van der Waals surface area (Å²) in [6, 6.07) is 18.0. The van der Waals surface area contributed by atoms with E-state index < -0.39 is 0 Å². The van der Waals surface area contributed by atoms with Crippen LogP contribution >= 0.6 is 0 Å². The van der Waals surface area contributed by atoms with E-state index in [-0.39, 0.29) is 11.9 Å². The van der Waals surface area contributed by atoms with E-state index >= 15 is 0 Å². The van der Waals surface area contributed by atoms with Gasteiger partial charge >= 0.3 is 0 Å². The summed E-state index contributed by atoms with van der Waals surface area (Å²) in [6.07, 6.45) is 0.944. The first-order valence-electron chi connectivity index (χ1n) is 7.41. The maximum absolute atomic E-state index is 12.0. The van der Waals surface area contributed by atoms with Gasteiger partial charge in [0.15, 0.2) is 0 Å². The number of benzene rings is 2. The van der Waals surface area contributed by atoms with Crippen LogP contribution in [0.2, 0.25) is 0 Å². The van der Waals surface area contributed by atoms with Gasteiger partial charge in [0.05, 0.1) is 0 Å². The van der Waals surface area contributed by atoms with Gasteiger partial charge in [-0.05, 0) is 25.0 Å². The molecular weight excluding hydrogens is 260 g/mol. The van der Waals surface area contributed by atoms with Crippen molar-refractivity contribution >= 4 is 11.6 Å². The van der Waals surface area contributed by atoms with Crippen LogP contribution < -0.4 is 10.6 Å². The number of hydrogen-bond acceptors (Lipinski definition) is 2. The molecule has 2 aromatic rings. The first-order chi connectivity index (χ1) is 10.2. The molecule has 110 valence electrons. The van der Waals surface area contributed by atoms with Gasteiger partial charge in [-0.1, -0.05) is 55.5 Å². The van der Waals surface area contributed by atoms with Gasteiger partial charge in [0, 0.05) is 17.8 Å². The SMILES string of the molecule is CCCNC(=O)C(C)Nc1ccccc1-c1ccccc1. The van der Waals surface area contributed by atoms with E-state index in [9.17, 15) is 4.79 Å². The van der Waals surface area contributed by atoms with Gasteiger partial charge in [-0.25, -0.2) is 0 Å². The highest BCUT2D eigenvalue weighted by atomic mass is 16.2. The Balaban J connectivity index is 2.16. The van der Waals surface area contributed by atoms with Crippen LogP contribution in [0.1, 0.15) is 20.3 Å². The van der Waals surface area contributed by atoms with Crippen LogP contribution in [0, 0.1) is 0 Å². The first kappa shape index (κ1) is 15.1. The van der Waals surface area contributed by atoms with E-state index in [2.05, 4.69) is 28.8 Å². The van der Waals surface area contributed by atoms with E-state index in [0.717, 1.165) is 23.2 Å². The van der Waals surface area contributed by atoms with Crippen LogP contribution in [0.3, 0.4) is 0 Å². The summed E-state index contributed by atoms with van der Waals surface area (Å²) < 4.78 is 0. The third-order valence-electron chi connectivity index (χ3n) is 3.33. The minimum atomic E-state index is -0.263. The molecule has 0 aliphatic rings. The summed E-state index contributed by atoms with van der Waals surface area (Å²) in [5.41, 5.74) is 3.22. The fourth-order valence-electron chi connectivity index (χ4n) is 2.18. The Morgan fingerprint density at radius 2 is 1.71 bits per heavy atom. The molecule has 1 unspecified atom stereocenters. The molecule has 2 rings (SSSR count). The second kappa shape index (κ2) is 7.48. The topological polar surface area (TPSA) is 41.1 Å². The molecule has 0 saturated heterocycles. The van der Waals surface area contributed by atoms with Crippen molar-refractivity contribution in [1.82, 2.24) is 5.32 Å². The number of para-hydroxylation sites is 1. The lowest BCUT2D eigenvalue weighted by Gasteiger charge is -2.18. The highest BCUT2D eigenvalue weighted by molar-refractivity contribution is 5.86. The number of hydrogen-bond donors (Lipinski definition) is 2. The molecule has 0 fully saturated rings. The van der Waals surface area contributed by atoms with E-state index in [1.54, 1.807) is 0 Å². The van der Waals surface area contributed by atoms with Gasteiger partial charge < -0.3 is 10.6 Å². The van der Waals surface area contributed by atoms with Crippen LogP contribution in [-0.2, 0) is 4.79 Å². The Morgan fingerprint density at radius 1 is 1.05 bits per heavy atom. The molecule has 0 aromatic heterocycles. The Kier molecular flexibility index (Phi) is 5.38. The first-order valence-corrected chi connectivity index (χ1v) is 7.41. The molecule has 0 spiro atoms. The van der Waals surface area contributed by atoms with E-state index in [4.69, 9.17) is 0 Å². The fourth-order valence-corrected chi connectivity index (χ4v) is 2.18. The quantitative estimate of drug-likeness (QED) is 0.848. The van der Waals surface area contributed by atoms with Crippen LogP contribution in [0.15, 0.2) is 54.6 Å². The van der Waals surface area contributed by atoms with Crippen LogP contribution in [0.5, 0.6) is 0 Å². The van der Waals surface area contributed by atoms with Crippen LogP contribution in [0.4, 0.5) is 5.69 Å². The molecular formula is C18H22N2O. The third kappa shape index (κ3) is 4.09. The van der Waals surface area contributed by atoms with Gasteiger partial charge in [0.25, 0.3) is 0 Å². The van der Waals surface area contributed by atoms with Crippen LogP contribution in [0.25, 0.3) is 11.1 Å². The summed E-state index contributed by atoms with van der Waals surface area (Å²) in [5, 5.41) is 6.22. The Hall–Kier alpha value is -2.29. The van der Waals surface area contributed by atoms with Gasteiger partial charge in [-0.15, -0.1) is 0 Å². The fraction of sp³-hybridized carbons (Fsp3) is 0.278. The zero-order valence-corrected chi connectivity index (χ0v) is 12.6. The zero-order chi connectivity index (χ0) is 15.1. The average Bonchev–Trinajstić information content (AvgIpc) is 2.54. The van der Waals surface area contributed by atoms with Gasteiger partial charge in [-0.2, -0.15) is 0 Å². The third-order valence-corrected chi connectivity index (χ3v) is 3.33. The standard InChI is InChI=1S/C18H22N2O/c1-3-13-19-18(21)14(2)20-17-12-8-7-11-16(17)15-9-5-4-6-10-15/h4-12,14,20H,3,13H2,1-2H3,(H,19,21). The molecule has 0 heterocycles. The van der Waals surface area contributed by atoms with Crippen molar-refractivity contribution in [3.05, 3.63) is 54.6 Å². The largest absolute Gasteiger partial charge is 0.373 e. The summed E-state index contributed by atoms with van der Waals surface area (Å²) >= 11 is 0. The number of anilines is 1. The predicted octanol–water partition coefficient (Wildman–Crippen LogP) is 3.68. The smallest absolute Gasteiger partial charge is 0.242 e. The van der Waals surface area contributed by atoms with Crippen molar-refractivity contribution in [3.63, 3.8) is 0 Å². The minimum absolute atomic E-state index is 0.0275. The molecule has 3 heteroatoms. The molecule has 3 nitrogen and oxygen atoms in total. The Labute approximate surface area is 126 Å². The van der Waals surface area contributed by atoms with Gasteiger partial charge in [-0.3, -0.25) is 4.79 Å². The summed E-state index contributed by atoms with van der Waals surface area (Å²) in [6.45, 7) is 4.64. The van der Waals surface area contributed by atoms with Crippen molar-refractivity contribution in [1.29, 1.82) is 0 Å². The zero-order valence-electron chi connectivity index (χ0n) is 12.6. The normalized spacial score (nSPS) is 11.7. The maximum atomic E-state index is 12.0. The number of amides is 1. The highest BCUT2D eigenvalue weighted by Crippen LogP contribution is 2.27. The molecule has 0 aliphatic heterocycles. The molecule has 0 saturated carbocycles. The number of carbonyl (C=O) groups is 1.